The van der Waals surface area contributed by atoms with E-state index in [0.717, 1.165) is 24.6 Å². The molecule has 1 aliphatic rings. The lowest BCUT2D eigenvalue weighted by atomic mass is 9.87. The summed E-state index contributed by atoms with van der Waals surface area (Å²) in [6.45, 7) is 4.81. The van der Waals surface area contributed by atoms with Crippen molar-refractivity contribution < 1.29 is 0 Å². The molecule has 17 heavy (non-hydrogen) atoms. The predicted molar refractivity (Wildman–Crippen MR) is 70.4 cm³/mol. The molecule has 2 unspecified atom stereocenters. The number of nitrogens with zero attached hydrogens (tertiary/aromatic N) is 3. The van der Waals surface area contributed by atoms with Crippen LogP contribution in [0.1, 0.15) is 18.2 Å². The lowest BCUT2D eigenvalue weighted by molar-refractivity contribution is 0.308. The van der Waals surface area contributed by atoms with E-state index in [0.29, 0.717) is 28.4 Å². The molecule has 0 amide bonds. The Morgan fingerprint density at radius 3 is 3.06 bits per heavy atom. The van der Waals surface area contributed by atoms with Crippen LogP contribution in [0.3, 0.4) is 0 Å². The van der Waals surface area contributed by atoms with Gasteiger partial charge in [-0.3, -0.25) is 0 Å². The molecule has 0 aromatic carbocycles. The molecule has 2 rings (SSSR count). The van der Waals surface area contributed by atoms with Crippen molar-refractivity contribution in [3.8, 4) is 6.07 Å². The fraction of sp³-hybridized carbons (Fsp3) is 0.636. The molecule has 1 fully saturated rings. The summed E-state index contributed by atoms with van der Waals surface area (Å²) in [5.41, 5.74) is 5.77. The molecule has 0 spiro atoms. The highest BCUT2D eigenvalue weighted by Gasteiger charge is 2.27. The molecule has 0 aliphatic carbocycles. The number of piperidine rings is 1. The van der Waals surface area contributed by atoms with Gasteiger partial charge in [-0.05, 0) is 24.8 Å². The monoisotopic (exact) mass is 270 g/mol. The number of nitrogens with two attached hydrogens (primary N) is 1. The maximum absolute atomic E-state index is 8.87. The van der Waals surface area contributed by atoms with Gasteiger partial charge in [0.15, 0.2) is 10.3 Å². The molecule has 1 saturated heterocycles. The predicted octanol–water partition coefficient (Wildman–Crippen LogP) is 2.09. The quantitative estimate of drug-likeness (QED) is 0.894. The van der Waals surface area contributed by atoms with E-state index in [1.54, 1.807) is 0 Å². The molecule has 1 aliphatic heterocycles. The van der Waals surface area contributed by atoms with Gasteiger partial charge >= 0.3 is 0 Å². The molecule has 2 atom stereocenters. The molecule has 1 aromatic heterocycles. The molecule has 0 saturated carbocycles. The third kappa shape index (κ3) is 2.54. The zero-order chi connectivity index (χ0) is 12.4. The average molecular weight is 271 g/mol. The second kappa shape index (κ2) is 5.21. The van der Waals surface area contributed by atoms with Gasteiger partial charge in [-0.25, -0.2) is 4.98 Å². The van der Waals surface area contributed by atoms with Gasteiger partial charge in [0, 0.05) is 13.1 Å². The summed E-state index contributed by atoms with van der Waals surface area (Å²) in [4.78, 5) is 6.93. The van der Waals surface area contributed by atoms with Crippen LogP contribution >= 0.6 is 22.9 Å². The van der Waals surface area contributed by atoms with Crippen molar-refractivity contribution in [2.45, 2.75) is 13.3 Å². The maximum Gasteiger partial charge on any atom is 0.188 e. The number of rotatable bonds is 2. The minimum absolute atomic E-state index is 0.315. The normalized spacial score (nSPS) is 24.7. The van der Waals surface area contributed by atoms with Gasteiger partial charge in [0.2, 0.25) is 0 Å². The zero-order valence-electron chi connectivity index (χ0n) is 9.69. The number of hydrogen-bond acceptors (Lipinski definition) is 5. The van der Waals surface area contributed by atoms with E-state index < -0.39 is 0 Å². The Labute approximate surface area is 110 Å². The summed E-state index contributed by atoms with van der Waals surface area (Å²) >= 11 is 7.25. The second-order valence-corrected chi connectivity index (χ2v) is 5.77. The Morgan fingerprint density at radius 1 is 1.71 bits per heavy atom. The number of thiazole rings is 1. The van der Waals surface area contributed by atoms with Crippen LogP contribution in [-0.4, -0.2) is 24.6 Å². The zero-order valence-corrected chi connectivity index (χ0v) is 11.3. The van der Waals surface area contributed by atoms with E-state index >= 15 is 0 Å². The Morgan fingerprint density at radius 2 is 2.47 bits per heavy atom. The Balaban J connectivity index is 2.15. The van der Waals surface area contributed by atoms with Crippen LogP contribution in [0.2, 0.25) is 5.15 Å². The summed E-state index contributed by atoms with van der Waals surface area (Å²) in [5, 5.41) is 10.0. The molecular formula is C11H15ClN4S. The van der Waals surface area contributed by atoms with E-state index in [2.05, 4.69) is 22.9 Å². The van der Waals surface area contributed by atoms with Crippen LogP contribution in [0.5, 0.6) is 0 Å². The van der Waals surface area contributed by atoms with Gasteiger partial charge in [-0.2, -0.15) is 5.26 Å². The Bertz CT molecular complexity index is 439. The van der Waals surface area contributed by atoms with Crippen molar-refractivity contribution in [3.05, 3.63) is 10.0 Å². The Kier molecular flexibility index (Phi) is 3.87. The first-order valence-electron chi connectivity index (χ1n) is 5.67. The van der Waals surface area contributed by atoms with Gasteiger partial charge in [-0.15, -0.1) is 0 Å². The maximum atomic E-state index is 8.87. The summed E-state index contributed by atoms with van der Waals surface area (Å²) in [6.07, 6.45) is 1.11. The van der Waals surface area contributed by atoms with Gasteiger partial charge in [-0.1, -0.05) is 29.9 Å². The number of aromatic nitrogens is 1. The van der Waals surface area contributed by atoms with E-state index in [1.165, 1.54) is 11.3 Å². The lowest BCUT2D eigenvalue weighted by Gasteiger charge is -2.36. The van der Waals surface area contributed by atoms with Gasteiger partial charge in [0.05, 0.1) is 0 Å². The molecule has 2 N–H and O–H groups in total. The topological polar surface area (TPSA) is 65.9 Å². The second-order valence-electron chi connectivity index (χ2n) is 4.44. The van der Waals surface area contributed by atoms with Crippen LogP contribution in [-0.2, 0) is 0 Å². The summed E-state index contributed by atoms with van der Waals surface area (Å²) < 4.78 is 0. The first-order valence-corrected chi connectivity index (χ1v) is 6.86. The molecule has 1 aromatic rings. The highest BCUT2D eigenvalue weighted by molar-refractivity contribution is 7.16. The minimum atomic E-state index is 0.315. The molecule has 6 heteroatoms. The fourth-order valence-electron chi connectivity index (χ4n) is 2.13. The fourth-order valence-corrected chi connectivity index (χ4v) is 3.20. The number of halogens is 1. The van der Waals surface area contributed by atoms with Crippen LogP contribution in [0, 0.1) is 23.2 Å². The van der Waals surface area contributed by atoms with Crippen LogP contribution in [0.15, 0.2) is 0 Å². The largest absolute Gasteiger partial charge is 0.348 e. The van der Waals surface area contributed by atoms with Crippen LogP contribution < -0.4 is 10.6 Å². The molecule has 2 heterocycles. The smallest absolute Gasteiger partial charge is 0.188 e. The van der Waals surface area contributed by atoms with Crippen molar-refractivity contribution in [1.29, 1.82) is 5.26 Å². The van der Waals surface area contributed by atoms with Crippen molar-refractivity contribution >= 4 is 28.1 Å². The van der Waals surface area contributed by atoms with Gasteiger partial charge < -0.3 is 10.6 Å². The van der Waals surface area contributed by atoms with Gasteiger partial charge in [0.1, 0.15) is 10.9 Å². The van der Waals surface area contributed by atoms with E-state index in [4.69, 9.17) is 22.6 Å². The van der Waals surface area contributed by atoms with E-state index in [1.807, 2.05) is 0 Å². The minimum Gasteiger partial charge on any atom is -0.348 e. The summed E-state index contributed by atoms with van der Waals surface area (Å²) in [5.74, 6) is 1.15. The molecule has 0 bridgehead atoms. The van der Waals surface area contributed by atoms with Crippen molar-refractivity contribution in [2.24, 2.45) is 17.6 Å². The highest BCUT2D eigenvalue weighted by Crippen LogP contribution is 2.32. The van der Waals surface area contributed by atoms with E-state index in [9.17, 15) is 0 Å². The Hall–Kier alpha value is -0.830. The third-order valence-electron chi connectivity index (χ3n) is 3.36. The summed E-state index contributed by atoms with van der Waals surface area (Å²) in [7, 11) is 0. The molecule has 92 valence electrons. The average Bonchev–Trinajstić information content (AvgIpc) is 2.71. The van der Waals surface area contributed by atoms with Crippen LogP contribution in [0.4, 0.5) is 5.13 Å². The lowest BCUT2D eigenvalue weighted by Crippen LogP contribution is -2.42. The molecule has 4 nitrogen and oxygen atoms in total. The van der Waals surface area contributed by atoms with Crippen molar-refractivity contribution in [3.63, 3.8) is 0 Å². The molecule has 0 radical (unpaired) electrons. The van der Waals surface area contributed by atoms with Gasteiger partial charge in [0.25, 0.3) is 0 Å². The number of hydrogen-bond donors (Lipinski definition) is 1. The summed E-state index contributed by atoms with van der Waals surface area (Å²) in [6, 6.07) is 2.06. The first kappa shape index (κ1) is 12.6. The molecular weight excluding hydrogens is 256 g/mol. The van der Waals surface area contributed by atoms with E-state index in [-0.39, 0.29) is 0 Å². The SMILES string of the molecule is CC1CCN(c2nc(Cl)c(C#N)s2)CC1CN. The third-order valence-corrected chi connectivity index (χ3v) is 4.77. The van der Waals surface area contributed by atoms with Crippen LogP contribution in [0.25, 0.3) is 0 Å². The number of nitriles is 1. The number of anilines is 1. The first-order chi connectivity index (χ1) is 8.15. The standard InChI is InChI=1S/C11H15ClN4S/c1-7-2-3-16(6-8(7)4-13)11-15-10(12)9(5-14)17-11/h7-8H,2-4,6,13H2,1H3. The highest BCUT2D eigenvalue weighted by atomic mass is 35.5. The van der Waals surface area contributed by atoms with Crippen molar-refractivity contribution in [1.82, 2.24) is 4.98 Å². The van der Waals surface area contributed by atoms with Crippen molar-refractivity contribution in [2.75, 3.05) is 24.5 Å².